The van der Waals surface area contributed by atoms with Crippen LogP contribution in [0.15, 0.2) is 36.5 Å². The molecule has 0 radical (unpaired) electrons. The summed E-state index contributed by atoms with van der Waals surface area (Å²) in [5.41, 5.74) is 3.75. The predicted octanol–water partition coefficient (Wildman–Crippen LogP) is 4.28. The number of nitrogens with zero attached hydrogens (tertiary/aromatic N) is 1. The Labute approximate surface area is 143 Å². The second-order valence-corrected chi connectivity index (χ2v) is 4.46. The number of carboxylic acid groups (broad SMARTS) is 1. The number of hydrogen-bond acceptors (Lipinski definition) is 4. The summed E-state index contributed by atoms with van der Waals surface area (Å²) in [6, 6.07) is 9.97. The molecule has 0 aliphatic carbocycles. The van der Waals surface area contributed by atoms with Crippen LogP contribution < -0.4 is 5.32 Å². The molecular formula is C19H26N2O3. The van der Waals surface area contributed by atoms with E-state index in [2.05, 4.69) is 29.4 Å². The summed E-state index contributed by atoms with van der Waals surface area (Å²) >= 11 is 0. The summed E-state index contributed by atoms with van der Waals surface area (Å²) in [5.74, 6) is -1.03. The van der Waals surface area contributed by atoms with E-state index in [0.29, 0.717) is 5.69 Å². The first kappa shape index (κ1) is 21.3. The number of carbonyl (C=O) groups excluding carboxylic acids is 1. The van der Waals surface area contributed by atoms with Gasteiger partial charge in [0.2, 0.25) is 0 Å². The number of aldehydes is 1. The van der Waals surface area contributed by atoms with Crippen LogP contribution in [-0.2, 0) is 11.2 Å². The lowest BCUT2D eigenvalue weighted by molar-refractivity contribution is -0.106. The van der Waals surface area contributed by atoms with Crippen LogP contribution in [0.4, 0.5) is 5.69 Å². The zero-order chi connectivity index (χ0) is 18.5. The lowest BCUT2D eigenvalue weighted by Crippen LogP contribution is -2.05. The van der Waals surface area contributed by atoms with Gasteiger partial charge in [0, 0.05) is 18.8 Å². The van der Waals surface area contributed by atoms with Crippen LogP contribution >= 0.6 is 0 Å². The van der Waals surface area contributed by atoms with E-state index in [4.69, 9.17) is 9.90 Å². The quantitative estimate of drug-likeness (QED) is 0.818. The smallest absolute Gasteiger partial charge is 0.356 e. The maximum atomic E-state index is 11.0. The van der Waals surface area contributed by atoms with E-state index in [-0.39, 0.29) is 5.69 Å². The second-order valence-electron chi connectivity index (χ2n) is 4.46. The summed E-state index contributed by atoms with van der Waals surface area (Å²) in [5, 5.41) is 11.9. The van der Waals surface area contributed by atoms with Crippen molar-refractivity contribution in [2.24, 2.45) is 0 Å². The summed E-state index contributed by atoms with van der Waals surface area (Å²) < 4.78 is 0. The summed E-state index contributed by atoms with van der Waals surface area (Å²) in [6.07, 6.45) is 3.31. The SMILES string of the molecule is CC.CC=O.CCc1cccc(-c2cnc(C(=O)O)c(NC)c2)c1. The van der Waals surface area contributed by atoms with Gasteiger partial charge in [-0.05, 0) is 30.5 Å². The number of aromatic nitrogens is 1. The molecule has 0 spiro atoms. The highest BCUT2D eigenvalue weighted by Crippen LogP contribution is 2.24. The number of aryl methyl sites for hydroxylation is 1. The Morgan fingerprint density at radius 3 is 2.38 bits per heavy atom. The van der Waals surface area contributed by atoms with Crippen molar-refractivity contribution in [2.75, 3.05) is 12.4 Å². The van der Waals surface area contributed by atoms with Crippen molar-refractivity contribution >= 4 is 17.9 Å². The van der Waals surface area contributed by atoms with E-state index in [0.717, 1.165) is 23.8 Å². The normalized spacial score (nSPS) is 8.88. The van der Waals surface area contributed by atoms with Gasteiger partial charge < -0.3 is 15.2 Å². The van der Waals surface area contributed by atoms with Crippen molar-refractivity contribution in [1.29, 1.82) is 0 Å². The number of rotatable bonds is 4. The van der Waals surface area contributed by atoms with E-state index in [1.807, 2.05) is 32.0 Å². The van der Waals surface area contributed by atoms with Crippen LogP contribution in [0.25, 0.3) is 11.1 Å². The highest BCUT2D eigenvalue weighted by Gasteiger charge is 2.12. The zero-order valence-corrected chi connectivity index (χ0v) is 15.0. The molecule has 0 aliphatic heterocycles. The molecule has 2 aromatic rings. The molecule has 5 nitrogen and oxygen atoms in total. The molecule has 2 N–H and O–H groups in total. The van der Waals surface area contributed by atoms with Crippen molar-refractivity contribution in [2.45, 2.75) is 34.1 Å². The fourth-order valence-electron chi connectivity index (χ4n) is 1.95. The Bertz CT molecular complexity index is 655. The van der Waals surface area contributed by atoms with Crippen molar-refractivity contribution in [3.63, 3.8) is 0 Å². The molecule has 130 valence electrons. The van der Waals surface area contributed by atoms with Gasteiger partial charge in [0.05, 0.1) is 5.69 Å². The predicted molar refractivity (Wildman–Crippen MR) is 98.6 cm³/mol. The first-order valence-electron chi connectivity index (χ1n) is 7.97. The lowest BCUT2D eigenvalue weighted by Gasteiger charge is -2.08. The average molecular weight is 330 g/mol. The summed E-state index contributed by atoms with van der Waals surface area (Å²) in [7, 11) is 1.69. The number of anilines is 1. The summed E-state index contributed by atoms with van der Waals surface area (Å²) in [4.78, 5) is 23.9. The molecule has 0 saturated carbocycles. The maximum absolute atomic E-state index is 11.0. The van der Waals surface area contributed by atoms with Gasteiger partial charge in [0.15, 0.2) is 5.69 Å². The van der Waals surface area contributed by atoms with Crippen molar-refractivity contribution in [3.05, 3.63) is 47.8 Å². The van der Waals surface area contributed by atoms with E-state index in [9.17, 15) is 4.79 Å². The first-order valence-corrected chi connectivity index (χ1v) is 7.97. The molecule has 2 rings (SSSR count). The Hall–Kier alpha value is -2.69. The molecule has 5 heteroatoms. The number of hydrogen-bond donors (Lipinski definition) is 2. The van der Waals surface area contributed by atoms with Gasteiger partial charge in [-0.25, -0.2) is 9.78 Å². The molecule has 0 aliphatic rings. The van der Waals surface area contributed by atoms with Gasteiger partial charge in [0.25, 0.3) is 0 Å². The van der Waals surface area contributed by atoms with Gasteiger partial charge in [-0.3, -0.25) is 0 Å². The second kappa shape index (κ2) is 11.8. The van der Waals surface area contributed by atoms with Crippen LogP contribution in [0.1, 0.15) is 43.7 Å². The molecule has 0 fully saturated rings. The fraction of sp³-hybridized carbons (Fsp3) is 0.316. The van der Waals surface area contributed by atoms with E-state index in [1.165, 1.54) is 12.5 Å². The number of aromatic carboxylic acids is 1. The van der Waals surface area contributed by atoms with E-state index < -0.39 is 5.97 Å². The third-order valence-electron chi connectivity index (χ3n) is 3.03. The number of pyridine rings is 1. The van der Waals surface area contributed by atoms with Gasteiger partial charge in [0.1, 0.15) is 6.29 Å². The maximum Gasteiger partial charge on any atom is 0.356 e. The summed E-state index contributed by atoms with van der Waals surface area (Å²) in [6.45, 7) is 7.55. The van der Waals surface area contributed by atoms with Crippen LogP contribution in [0, 0.1) is 0 Å². The molecule has 1 aromatic heterocycles. The topological polar surface area (TPSA) is 79.3 Å². The highest BCUT2D eigenvalue weighted by atomic mass is 16.4. The fourth-order valence-corrected chi connectivity index (χ4v) is 1.95. The Morgan fingerprint density at radius 1 is 1.25 bits per heavy atom. The Morgan fingerprint density at radius 2 is 1.88 bits per heavy atom. The zero-order valence-electron chi connectivity index (χ0n) is 15.0. The number of benzene rings is 1. The molecule has 0 bridgehead atoms. The van der Waals surface area contributed by atoms with Gasteiger partial charge in [-0.2, -0.15) is 0 Å². The highest BCUT2D eigenvalue weighted by molar-refractivity contribution is 5.92. The van der Waals surface area contributed by atoms with Crippen LogP contribution in [-0.4, -0.2) is 29.4 Å². The molecule has 1 aromatic carbocycles. The van der Waals surface area contributed by atoms with Gasteiger partial charge >= 0.3 is 5.97 Å². The standard InChI is InChI=1S/C15H16N2O2.C2H4O.C2H6/c1-3-10-5-4-6-11(7-10)12-8-13(16-2)14(15(18)19)17-9-12;1-2-3;1-2/h4-9,16H,3H2,1-2H3,(H,18,19);2H,1H3;1-2H3. The Balaban J connectivity index is 0.000000952. The average Bonchev–Trinajstić information content (AvgIpc) is 2.63. The van der Waals surface area contributed by atoms with E-state index in [1.54, 1.807) is 13.2 Å². The molecule has 0 atom stereocenters. The first-order chi connectivity index (χ1) is 11.6. The molecule has 1 heterocycles. The van der Waals surface area contributed by atoms with Crippen LogP contribution in [0.2, 0.25) is 0 Å². The molecule has 0 saturated heterocycles. The largest absolute Gasteiger partial charge is 0.476 e. The lowest BCUT2D eigenvalue weighted by atomic mass is 10.0. The molecule has 0 unspecified atom stereocenters. The van der Waals surface area contributed by atoms with Crippen molar-refractivity contribution in [1.82, 2.24) is 4.98 Å². The number of carbonyl (C=O) groups is 2. The van der Waals surface area contributed by atoms with Gasteiger partial charge in [-0.15, -0.1) is 0 Å². The van der Waals surface area contributed by atoms with Crippen molar-refractivity contribution in [3.8, 4) is 11.1 Å². The van der Waals surface area contributed by atoms with E-state index >= 15 is 0 Å². The third kappa shape index (κ3) is 6.20. The minimum Gasteiger partial charge on any atom is -0.476 e. The molecule has 24 heavy (non-hydrogen) atoms. The van der Waals surface area contributed by atoms with Gasteiger partial charge in [-0.1, -0.05) is 45.0 Å². The van der Waals surface area contributed by atoms with Crippen molar-refractivity contribution < 1.29 is 14.7 Å². The van der Waals surface area contributed by atoms with Crippen LogP contribution in [0.3, 0.4) is 0 Å². The third-order valence-corrected chi connectivity index (χ3v) is 3.03. The molecule has 0 amide bonds. The number of nitrogens with one attached hydrogen (secondary N) is 1. The minimum atomic E-state index is -1.03. The minimum absolute atomic E-state index is 0.0397. The van der Waals surface area contributed by atoms with Crippen LogP contribution in [0.5, 0.6) is 0 Å². The monoisotopic (exact) mass is 330 g/mol. The molecular weight excluding hydrogens is 304 g/mol. The number of carboxylic acids is 1. The Kier molecular flexibility index (Phi) is 10.5.